The third kappa shape index (κ3) is 4.91. The number of carbonyl (C=O) groups excluding carboxylic acids is 4. The molecule has 9 nitrogen and oxygen atoms in total. The van der Waals surface area contributed by atoms with E-state index < -0.39 is 42.0 Å². The van der Waals surface area contributed by atoms with E-state index in [4.69, 9.17) is 33.7 Å². The fourth-order valence-corrected chi connectivity index (χ4v) is 4.90. The second-order valence-electron chi connectivity index (χ2n) is 8.42. The van der Waals surface area contributed by atoms with Gasteiger partial charge in [0.05, 0.1) is 10.0 Å². The average molecular weight is 535 g/mol. The van der Waals surface area contributed by atoms with Crippen LogP contribution in [0.1, 0.15) is 42.1 Å². The Hall–Kier alpha value is -3.50. The first-order valence-electron chi connectivity index (χ1n) is 11.0. The van der Waals surface area contributed by atoms with Gasteiger partial charge in [0.25, 0.3) is 0 Å². The number of hydrogen-bond acceptors (Lipinski definition) is 7. The van der Waals surface area contributed by atoms with Crippen molar-refractivity contribution in [2.24, 2.45) is 0 Å². The molecule has 12 heteroatoms. The van der Waals surface area contributed by atoms with E-state index in [0.717, 1.165) is 0 Å². The Kier molecular flexibility index (Phi) is 7.28. The van der Waals surface area contributed by atoms with E-state index in [1.165, 1.54) is 42.3 Å². The minimum absolute atomic E-state index is 0.0123. The Bertz CT molecular complexity index is 1320. The maximum Gasteiger partial charge on any atom is 0.329 e. The van der Waals surface area contributed by atoms with Crippen molar-refractivity contribution in [3.05, 3.63) is 57.5 Å². The molecule has 0 saturated carbocycles. The molecule has 3 heterocycles. The Balaban J connectivity index is 1.45. The number of fused-ring (bicyclic) bond motifs is 1. The highest BCUT2D eigenvalue weighted by Crippen LogP contribution is 2.40. The number of nitrogen functional groups attached to an aromatic ring is 1. The summed E-state index contributed by atoms with van der Waals surface area (Å²) in [5, 5.41) is 2.23. The molecule has 1 aromatic carbocycles. The van der Waals surface area contributed by atoms with Gasteiger partial charge < -0.3 is 20.7 Å². The summed E-state index contributed by atoms with van der Waals surface area (Å²) in [6.45, 7) is 0.653. The van der Waals surface area contributed by atoms with Crippen molar-refractivity contribution in [3.8, 4) is 0 Å². The molecule has 0 aliphatic carbocycles. The third-order valence-corrected chi connectivity index (χ3v) is 6.73. The lowest BCUT2D eigenvalue weighted by molar-refractivity contribution is -0.152. The van der Waals surface area contributed by atoms with Crippen molar-refractivity contribution in [2.45, 2.75) is 38.3 Å². The highest BCUT2D eigenvalue weighted by atomic mass is 35.5. The standard InChI is InChI=1S/C24H21Cl2FN4O5/c1-11(32)30-23-21(26)14(6-7-29-23)18(33)10-36-24(35)17-5-2-13-8-12(9-19(34)31(13)17)20-16(28)4-3-15(25)22(20)27/h3-4,6-7,9,13,17H,2,5,8,10,28H2,1H3,(H,29,30,32)/t13-,17?/m1/s1. The van der Waals surface area contributed by atoms with Crippen LogP contribution in [0.2, 0.25) is 10.0 Å². The molecule has 1 saturated heterocycles. The lowest BCUT2D eigenvalue weighted by Gasteiger charge is -2.33. The Morgan fingerprint density at radius 1 is 1.25 bits per heavy atom. The van der Waals surface area contributed by atoms with E-state index in [9.17, 15) is 23.6 Å². The van der Waals surface area contributed by atoms with Crippen molar-refractivity contribution in [3.63, 3.8) is 0 Å². The van der Waals surface area contributed by atoms with Crippen LogP contribution in [0, 0.1) is 5.82 Å². The molecule has 2 atom stereocenters. The second kappa shape index (κ2) is 10.2. The number of aromatic nitrogens is 1. The number of benzene rings is 1. The molecule has 0 spiro atoms. The lowest BCUT2D eigenvalue weighted by Crippen LogP contribution is -2.47. The first kappa shape index (κ1) is 25.6. The van der Waals surface area contributed by atoms with E-state index in [1.54, 1.807) is 0 Å². The van der Waals surface area contributed by atoms with Gasteiger partial charge in [-0.05, 0) is 43.0 Å². The largest absolute Gasteiger partial charge is 0.456 e. The van der Waals surface area contributed by atoms with Gasteiger partial charge in [-0.2, -0.15) is 0 Å². The van der Waals surface area contributed by atoms with Crippen LogP contribution < -0.4 is 11.1 Å². The molecule has 1 unspecified atom stereocenters. The van der Waals surface area contributed by atoms with Crippen LogP contribution in [0.15, 0.2) is 30.5 Å². The van der Waals surface area contributed by atoms with Gasteiger partial charge in [0.15, 0.2) is 18.2 Å². The first-order valence-corrected chi connectivity index (χ1v) is 11.7. The number of esters is 1. The summed E-state index contributed by atoms with van der Waals surface area (Å²) in [4.78, 5) is 54.9. The SMILES string of the molecule is CC(=O)Nc1nccc(C(=O)COC(=O)C2CC[C@@H]3CC(c4c(N)ccc(Cl)c4F)=CC(=O)N23)c1Cl. The number of ether oxygens (including phenoxy) is 1. The smallest absolute Gasteiger partial charge is 0.329 e. The first-order chi connectivity index (χ1) is 17.1. The monoisotopic (exact) mass is 534 g/mol. The maximum absolute atomic E-state index is 14.6. The fraction of sp³-hybridized carbons (Fsp3) is 0.292. The molecule has 36 heavy (non-hydrogen) atoms. The molecule has 2 aromatic rings. The molecule has 2 amide bonds. The van der Waals surface area contributed by atoms with Crippen molar-refractivity contribution >= 4 is 63.8 Å². The molecule has 2 aliphatic heterocycles. The second-order valence-corrected chi connectivity index (χ2v) is 9.21. The van der Waals surface area contributed by atoms with Gasteiger partial charge in [0, 0.05) is 42.1 Å². The quantitative estimate of drug-likeness (QED) is 0.328. The van der Waals surface area contributed by atoms with E-state index in [-0.39, 0.29) is 45.1 Å². The van der Waals surface area contributed by atoms with Crippen molar-refractivity contribution in [1.29, 1.82) is 0 Å². The zero-order chi connectivity index (χ0) is 26.1. The van der Waals surface area contributed by atoms with Gasteiger partial charge in [-0.15, -0.1) is 0 Å². The predicted octanol–water partition coefficient (Wildman–Crippen LogP) is 3.64. The van der Waals surface area contributed by atoms with Crippen LogP contribution in [-0.4, -0.2) is 52.1 Å². The van der Waals surface area contributed by atoms with Gasteiger partial charge in [-0.3, -0.25) is 14.4 Å². The molecule has 1 aromatic heterocycles. The number of carbonyl (C=O) groups is 4. The third-order valence-electron chi connectivity index (χ3n) is 6.06. The lowest BCUT2D eigenvalue weighted by atomic mass is 9.92. The number of nitrogens with zero attached hydrogens (tertiary/aromatic N) is 2. The number of pyridine rings is 1. The van der Waals surface area contributed by atoms with Crippen LogP contribution in [0.3, 0.4) is 0 Å². The number of amides is 2. The molecule has 4 rings (SSSR count). The highest BCUT2D eigenvalue weighted by molar-refractivity contribution is 6.36. The van der Waals surface area contributed by atoms with Crippen molar-refractivity contribution in [2.75, 3.05) is 17.7 Å². The predicted molar refractivity (Wildman–Crippen MR) is 131 cm³/mol. The van der Waals surface area contributed by atoms with Crippen LogP contribution in [0.5, 0.6) is 0 Å². The summed E-state index contributed by atoms with van der Waals surface area (Å²) in [5.41, 5.74) is 6.61. The van der Waals surface area contributed by atoms with E-state index in [0.29, 0.717) is 18.4 Å². The fourth-order valence-electron chi connectivity index (χ4n) is 4.47. The van der Waals surface area contributed by atoms with Gasteiger partial charge in [0.2, 0.25) is 17.6 Å². The zero-order valence-electron chi connectivity index (χ0n) is 19.0. The highest BCUT2D eigenvalue weighted by Gasteiger charge is 2.44. The Morgan fingerprint density at radius 3 is 2.72 bits per heavy atom. The number of halogens is 3. The van der Waals surface area contributed by atoms with E-state index in [2.05, 4.69) is 10.3 Å². The molecule has 188 valence electrons. The molecule has 3 N–H and O–H groups in total. The topological polar surface area (TPSA) is 132 Å². The van der Waals surface area contributed by atoms with E-state index in [1.807, 2.05) is 0 Å². The van der Waals surface area contributed by atoms with Crippen LogP contribution >= 0.6 is 23.2 Å². The minimum Gasteiger partial charge on any atom is -0.456 e. The molecule has 0 radical (unpaired) electrons. The number of rotatable bonds is 6. The zero-order valence-corrected chi connectivity index (χ0v) is 20.5. The molecule has 1 fully saturated rings. The van der Waals surface area contributed by atoms with Crippen LogP contribution in [0.25, 0.3) is 5.57 Å². The Morgan fingerprint density at radius 2 is 2.00 bits per heavy atom. The number of Topliss-reactive ketones (excluding diaryl/α,β-unsaturated/α-hetero) is 1. The summed E-state index contributed by atoms with van der Waals surface area (Å²) in [7, 11) is 0. The van der Waals surface area contributed by atoms with Gasteiger partial charge in [0.1, 0.15) is 6.04 Å². The summed E-state index contributed by atoms with van der Waals surface area (Å²) in [6, 6.07) is 2.90. The number of hydrogen-bond donors (Lipinski definition) is 2. The Labute approximate surface area is 215 Å². The van der Waals surface area contributed by atoms with Crippen LogP contribution in [-0.2, 0) is 19.1 Å². The number of nitrogens with two attached hydrogens (primary N) is 1. The summed E-state index contributed by atoms with van der Waals surface area (Å²) in [5.74, 6) is -2.93. The van der Waals surface area contributed by atoms with E-state index >= 15 is 0 Å². The van der Waals surface area contributed by atoms with Crippen molar-refractivity contribution in [1.82, 2.24) is 9.88 Å². The summed E-state index contributed by atoms with van der Waals surface area (Å²) in [6.07, 6.45) is 3.63. The maximum atomic E-state index is 14.6. The molecule has 2 aliphatic rings. The summed E-state index contributed by atoms with van der Waals surface area (Å²) < 4.78 is 19.9. The normalized spacial score (nSPS) is 18.9. The summed E-state index contributed by atoms with van der Waals surface area (Å²) >= 11 is 12.0. The average Bonchev–Trinajstić information content (AvgIpc) is 3.26. The molecule has 0 bridgehead atoms. The number of ketones is 1. The minimum atomic E-state index is -0.891. The number of anilines is 2. The van der Waals surface area contributed by atoms with Gasteiger partial charge >= 0.3 is 5.97 Å². The van der Waals surface area contributed by atoms with Gasteiger partial charge in [-0.25, -0.2) is 14.2 Å². The van der Waals surface area contributed by atoms with Crippen molar-refractivity contribution < 1.29 is 28.3 Å². The molecular formula is C24H21Cl2FN4O5. The number of nitrogens with one attached hydrogen (secondary N) is 1. The van der Waals surface area contributed by atoms with Gasteiger partial charge in [-0.1, -0.05) is 23.2 Å². The van der Waals surface area contributed by atoms with Crippen LogP contribution in [0.4, 0.5) is 15.9 Å². The molecular weight excluding hydrogens is 514 g/mol.